The lowest BCUT2D eigenvalue weighted by atomic mass is 9.99. The van der Waals surface area contributed by atoms with Gasteiger partial charge in [-0.15, -0.1) is 0 Å². The summed E-state index contributed by atoms with van der Waals surface area (Å²) in [5.74, 6) is -0.378. The molecule has 2 bridgehead atoms. The second-order valence-corrected chi connectivity index (χ2v) is 7.82. The zero-order valence-electron chi connectivity index (χ0n) is 16.4. The predicted octanol–water partition coefficient (Wildman–Crippen LogP) is 4.30. The third-order valence-electron chi connectivity index (χ3n) is 6.05. The summed E-state index contributed by atoms with van der Waals surface area (Å²) in [6, 6.07) is 16.5. The van der Waals surface area contributed by atoms with Gasteiger partial charge in [-0.1, -0.05) is 30.3 Å². The minimum absolute atomic E-state index is 0.00642. The molecule has 2 heterocycles. The highest BCUT2D eigenvalue weighted by Crippen LogP contribution is 2.36. The molecule has 2 aliphatic heterocycles. The number of esters is 1. The molecule has 2 fully saturated rings. The first-order valence-corrected chi connectivity index (χ1v) is 9.96. The molecule has 3 atom stereocenters. The van der Waals surface area contributed by atoms with Gasteiger partial charge in [-0.25, -0.2) is 4.79 Å². The summed E-state index contributed by atoms with van der Waals surface area (Å²) >= 11 is 0. The van der Waals surface area contributed by atoms with Crippen LogP contribution in [0.5, 0.6) is 0 Å². The Hall–Kier alpha value is -2.99. The van der Waals surface area contributed by atoms with Crippen LogP contribution in [-0.2, 0) is 9.53 Å². The normalized spacial score (nSPS) is 24.3. The van der Waals surface area contributed by atoms with E-state index >= 15 is 0 Å². The molecular weight excluding hydrogens is 368 g/mol. The van der Waals surface area contributed by atoms with Gasteiger partial charge in [0, 0.05) is 37.1 Å². The molecule has 150 valence electrons. The zero-order valence-corrected chi connectivity index (χ0v) is 16.4. The lowest BCUT2D eigenvalue weighted by Gasteiger charge is -2.35. The van der Waals surface area contributed by atoms with Gasteiger partial charge >= 0.3 is 5.97 Å². The third kappa shape index (κ3) is 4.22. The van der Waals surface area contributed by atoms with Gasteiger partial charge < -0.3 is 9.64 Å². The fourth-order valence-corrected chi connectivity index (χ4v) is 4.41. The Morgan fingerprint density at radius 2 is 1.69 bits per heavy atom. The van der Waals surface area contributed by atoms with Crippen molar-refractivity contribution in [3.05, 3.63) is 75.8 Å². The number of hydrogen-bond donors (Lipinski definition) is 0. The number of benzene rings is 2. The summed E-state index contributed by atoms with van der Waals surface area (Å²) in [4.78, 5) is 26.0. The van der Waals surface area contributed by atoms with Crippen LogP contribution in [0.15, 0.2) is 54.6 Å². The van der Waals surface area contributed by atoms with Gasteiger partial charge in [0.15, 0.2) is 0 Å². The van der Waals surface area contributed by atoms with E-state index < -0.39 is 4.92 Å². The topological polar surface area (TPSA) is 72.7 Å². The molecule has 2 aliphatic rings. The molecule has 0 saturated carbocycles. The smallest absolute Gasteiger partial charge is 0.339 e. The molecule has 6 nitrogen and oxygen atoms in total. The Labute approximate surface area is 169 Å². The Kier molecular flexibility index (Phi) is 5.45. The number of piperidine rings is 1. The molecular formula is C23H24N2O4. The maximum Gasteiger partial charge on any atom is 0.339 e. The molecule has 0 N–H and O–H groups in total. The average Bonchev–Trinajstić information content (AvgIpc) is 2.93. The van der Waals surface area contributed by atoms with Crippen LogP contribution in [0.2, 0.25) is 0 Å². The predicted molar refractivity (Wildman–Crippen MR) is 111 cm³/mol. The molecule has 0 aliphatic carbocycles. The minimum atomic E-state index is -0.447. The monoisotopic (exact) mass is 392 g/mol. The van der Waals surface area contributed by atoms with E-state index in [0.29, 0.717) is 23.2 Å². The van der Waals surface area contributed by atoms with Crippen molar-refractivity contribution in [2.75, 3.05) is 7.05 Å². The van der Waals surface area contributed by atoms with Crippen LogP contribution in [0.4, 0.5) is 5.69 Å². The van der Waals surface area contributed by atoms with E-state index in [4.69, 9.17) is 4.74 Å². The molecule has 2 aromatic carbocycles. The van der Waals surface area contributed by atoms with E-state index in [9.17, 15) is 14.9 Å². The van der Waals surface area contributed by atoms with Crippen LogP contribution in [0.25, 0.3) is 11.6 Å². The molecule has 6 heteroatoms. The number of non-ortho nitro benzene ring substituents is 1. The number of carbonyl (C=O) groups is 1. The van der Waals surface area contributed by atoms with Gasteiger partial charge in [-0.05, 0) is 49.2 Å². The number of rotatable bonds is 5. The average molecular weight is 392 g/mol. The number of nitrogens with zero attached hydrogens (tertiary/aromatic N) is 2. The van der Waals surface area contributed by atoms with Crippen LogP contribution >= 0.6 is 0 Å². The van der Waals surface area contributed by atoms with E-state index in [1.54, 1.807) is 18.2 Å². The highest BCUT2D eigenvalue weighted by molar-refractivity contribution is 6.21. The highest BCUT2D eigenvalue weighted by Gasteiger charge is 2.40. The third-order valence-corrected chi connectivity index (χ3v) is 6.05. The quantitative estimate of drug-likeness (QED) is 0.249. The first kappa shape index (κ1) is 19.3. The maximum absolute atomic E-state index is 13.1. The molecule has 1 unspecified atom stereocenters. The largest absolute Gasteiger partial charge is 0.459 e. The van der Waals surface area contributed by atoms with Crippen LogP contribution in [0.1, 0.15) is 36.8 Å². The van der Waals surface area contributed by atoms with Crippen molar-refractivity contribution >= 4 is 23.3 Å². The van der Waals surface area contributed by atoms with Gasteiger partial charge in [0.2, 0.25) is 0 Å². The zero-order chi connectivity index (χ0) is 20.4. The first-order valence-electron chi connectivity index (χ1n) is 9.96. The van der Waals surface area contributed by atoms with Crippen molar-refractivity contribution < 1.29 is 14.5 Å². The van der Waals surface area contributed by atoms with Crippen LogP contribution < -0.4 is 0 Å². The van der Waals surface area contributed by atoms with Crippen LogP contribution in [0.3, 0.4) is 0 Å². The van der Waals surface area contributed by atoms with Gasteiger partial charge in [0.25, 0.3) is 5.69 Å². The molecule has 2 aromatic rings. The Morgan fingerprint density at radius 1 is 1.07 bits per heavy atom. The number of nitro benzene ring substituents is 1. The number of carbonyl (C=O) groups excluding carboxylic acids is 1. The van der Waals surface area contributed by atoms with Crippen molar-refractivity contribution in [3.8, 4) is 0 Å². The van der Waals surface area contributed by atoms with Gasteiger partial charge in [0.05, 0.1) is 10.5 Å². The first-order chi connectivity index (χ1) is 14.0. The summed E-state index contributed by atoms with van der Waals surface area (Å²) in [5, 5.41) is 11.0. The van der Waals surface area contributed by atoms with Gasteiger partial charge in [-0.2, -0.15) is 0 Å². The summed E-state index contributed by atoms with van der Waals surface area (Å²) in [5.41, 5.74) is 1.90. The van der Waals surface area contributed by atoms with Crippen molar-refractivity contribution in [1.82, 2.24) is 4.90 Å². The minimum Gasteiger partial charge on any atom is -0.459 e. The Bertz CT molecular complexity index is 910. The SMILES string of the molecule is CN1[C@@H]2CC[C@H]1CC(OC(=O)/C(=C/c1ccccc1)c1ccc([N+](=O)[O-])cc1)C2. The maximum atomic E-state index is 13.1. The summed E-state index contributed by atoms with van der Waals surface area (Å²) in [6.07, 6.45) is 5.73. The summed E-state index contributed by atoms with van der Waals surface area (Å²) < 4.78 is 5.92. The highest BCUT2D eigenvalue weighted by atomic mass is 16.6. The molecule has 4 rings (SSSR count). The molecule has 0 aromatic heterocycles. The fourth-order valence-electron chi connectivity index (χ4n) is 4.41. The van der Waals surface area contributed by atoms with Gasteiger partial charge in [0.1, 0.15) is 6.10 Å². The molecule has 2 saturated heterocycles. The van der Waals surface area contributed by atoms with Crippen LogP contribution in [-0.4, -0.2) is 41.0 Å². The van der Waals surface area contributed by atoms with Gasteiger partial charge in [-0.3, -0.25) is 10.1 Å². The van der Waals surface area contributed by atoms with E-state index in [-0.39, 0.29) is 17.8 Å². The van der Waals surface area contributed by atoms with Crippen LogP contribution in [0, 0.1) is 10.1 Å². The molecule has 0 amide bonds. The number of fused-ring (bicyclic) bond motifs is 2. The number of nitro groups is 1. The Balaban J connectivity index is 1.59. The van der Waals surface area contributed by atoms with Crippen molar-refractivity contribution in [3.63, 3.8) is 0 Å². The molecule has 0 radical (unpaired) electrons. The van der Waals surface area contributed by atoms with E-state index in [2.05, 4.69) is 11.9 Å². The van der Waals surface area contributed by atoms with Crippen molar-refractivity contribution in [1.29, 1.82) is 0 Å². The summed E-state index contributed by atoms with van der Waals surface area (Å²) in [7, 11) is 2.15. The standard InChI is InChI=1S/C23H24N2O4/c1-24-19-11-12-20(24)15-21(14-19)29-23(26)22(13-16-5-3-2-4-6-16)17-7-9-18(10-8-17)25(27)28/h2-10,13,19-21H,11-12,14-15H2,1H3/b22-13+/t19-,20+,21?. The van der Waals surface area contributed by atoms with E-state index in [1.807, 2.05) is 30.3 Å². The molecule has 0 spiro atoms. The van der Waals surface area contributed by atoms with E-state index in [0.717, 1.165) is 31.2 Å². The van der Waals surface area contributed by atoms with Crippen molar-refractivity contribution in [2.24, 2.45) is 0 Å². The Morgan fingerprint density at radius 3 is 2.28 bits per heavy atom. The lowest BCUT2D eigenvalue weighted by molar-refractivity contribution is -0.384. The number of hydrogen-bond acceptors (Lipinski definition) is 5. The van der Waals surface area contributed by atoms with Crippen molar-refractivity contribution in [2.45, 2.75) is 43.9 Å². The van der Waals surface area contributed by atoms with E-state index in [1.165, 1.54) is 12.1 Å². The second kappa shape index (κ2) is 8.17. The summed E-state index contributed by atoms with van der Waals surface area (Å²) in [6.45, 7) is 0. The lowest BCUT2D eigenvalue weighted by Crippen LogP contribution is -2.43. The molecule has 29 heavy (non-hydrogen) atoms. The fraction of sp³-hybridized carbons (Fsp3) is 0.348. The second-order valence-electron chi connectivity index (χ2n) is 7.82. The number of ether oxygens (including phenoxy) is 1.